The summed E-state index contributed by atoms with van der Waals surface area (Å²) in [7, 11) is 0. The van der Waals surface area contributed by atoms with E-state index in [0.29, 0.717) is 13.1 Å². The van der Waals surface area contributed by atoms with Crippen LogP contribution in [-0.4, -0.2) is 41.6 Å². The molecule has 3 heterocycles. The Kier molecular flexibility index (Phi) is 5.05. The highest BCUT2D eigenvalue weighted by molar-refractivity contribution is 6.33. The molecule has 3 aliphatic heterocycles. The molecule has 0 spiro atoms. The van der Waals surface area contributed by atoms with Crippen molar-refractivity contribution in [2.45, 2.75) is 51.7 Å². The average Bonchev–Trinajstić information content (AvgIpc) is 3.43. The Morgan fingerprint density at radius 3 is 2.66 bits per heavy atom. The summed E-state index contributed by atoms with van der Waals surface area (Å²) in [6, 6.07) is 15.8. The van der Waals surface area contributed by atoms with Gasteiger partial charge >= 0.3 is 5.97 Å². The standard InChI is InChI=1S/C26H29N3O3/c1-26(2,3)32-25(31)22-13-8-14-28(22)16-29-21-12-7-5-10-18(21)23(24(29)30)20-15-17-9-4-6-11-19(17)27-20/h4-7,9-12,22,27H,8,13-16H2,1-3H3/b23-20-/t22-/m0/s1. The number of likely N-dealkylation sites (tertiary alicyclic amines) is 1. The quantitative estimate of drug-likeness (QED) is 0.584. The van der Waals surface area contributed by atoms with Crippen molar-refractivity contribution in [2.24, 2.45) is 0 Å². The summed E-state index contributed by atoms with van der Waals surface area (Å²) in [5, 5.41) is 3.46. The second-order valence-electron chi connectivity index (χ2n) is 9.71. The topological polar surface area (TPSA) is 61.9 Å². The van der Waals surface area contributed by atoms with E-state index in [4.69, 9.17) is 4.74 Å². The zero-order valence-electron chi connectivity index (χ0n) is 18.9. The number of ether oxygens (including phenoxy) is 1. The van der Waals surface area contributed by atoms with Crippen molar-refractivity contribution < 1.29 is 14.3 Å². The molecule has 0 saturated carbocycles. The second kappa shape index (κ2) is 7.78. The minimum atomic E-state index is -0.526. The highest BCUT2D eigenvalue weighted by atomic mass is 16.6. The number of carbonyl (C=O) groups is 2. The number of esters is 1. The van der Waals surface area contributed by atoms with E-state index in [-0.39, 0.29) is 17.9 Å². The van der Waals surface area contributed by atoms with Gasteiger partial charge in [0, 0.05) is 29.9 Å². The van der Waals surface area contributed by atoms with Crippen LogP contribution in [0.25, 0.3) is 5.57 Å². The number of amides is 1. The third-order valence-corrected chi connectivity index (χ3v) is 6.26. The molecule has 1 N–H and O–H groups in total. The molecule has 0 radical (unpaired) electrons. The number of rotatable bonds is 3. The van der Waals surface area contributed by atoms with Crippen molar-refractivity contribution in [1.29, 1.82) is 0 Å². The van der Waals surface area contributed by atoms with Gasteiger partial charge in [0.2, 0.25) is 0 Å². The molecule has 166 valence electrons. The molecule has 5 rings (SSSR count). The number of allylic oxidation sites excluding steroid dienone is 1. The molecule has 1 fully saturated rings. The third-order valence-electron chi connectivity index (χ3n) is 6.26. The molecule has 6 heteroatoms. The summed E-state index contributed by atoms with van der Waals surface area (Å²) < 4.78 is 5.65. The molecule has 0 aromatic heterocycles. The molecule has 2 aromatic rings. The first-order valence-electron chi connectivity index (χ1n) is 11.3. The summed E-state index contributed by atoms with van der Waals surface area (Å²) in [6.07, 6.45) is 2.38. The maximum atomic E-state index is 13.7. The lowest BCUT2D eigenvalue weighted by Gasteiger charge is -2.30. The van der Waals surface area contributed by atoms with Gasteiger partial charge in [0.05, 0.1) is 17.9 Å². The predicted octanol–water partition coefficient (Wildman–Crippen LogP) is 4.18. The number of benzene rings is 2. The van der Waals surface area contributed by atoms with Gasteiger partial charge in [-0.15, -0.1) is 0 Å². The van der Waals surface area contributed by atoms with Crippen molar-refractivity contribution in [1.82, 2.24) is 4.90 Å². The maximum Gasteiger partial charge on any atom is 0.323 e. The highest BCUT2D eigenvalue weighted by Gasteiger charge is 2.40. The van der Waals surface area contributed by atoms with Gasteiger partial charge < -0.3 is 10.1 Å². The lowest BCUT2D eigenvalue weighted by atomic mass is 10.0. The van der Waals surface area contributed by atoms with Gasteiger partial charge in [-0.2, -0.15) is 0 Å². The fourth-order valence-corrected chi connectivity index (χ4v) is 4.87. The van der Waals surface area contributed by atoms with Crippen LogP contribution in [-0.2, 0) is 20.7 Å². The van der Waals surface area contributed by atoms with E-state index in [1.165, 1.54) is 5.56 Å². The molecule has 2 aromatic carbocycles. The Labute approximate surface area is 188 Å². The zero-order chi connectivity index (χ0) is 22.5. The van der Waals surface area contributed by atoms with E-state index in [1.807, 2.05) is 68.1 Å². The zero-order valence-corrected chi connectivity index (χ0v) is 18.9. The van der Waals surface area contributed by atoms with Gasteiger partial charge in [0.25, 0.3) is 5.91 Å². The molecule has 1 saturated heterocycles. The van der Waals surface area contributed by atoms with Crippen molar-refractivity contribution in [3.63, 3.8) is 0 Å². The number of carbonyl (C=O) groups excluding carboxylic acids is 2. The van der Waals surface area contributed by atoms with Crippen LogP contribution < -0.4 is 10.2 Å². The molecular formula is C26H29N3O3. The van der Waals surface area contributed by atoms with Crippen molar-refractivity contribution in [3.05, 3.63) is 65.4 Å². The number of anilines is 2. The van der Waals surface area contributed by atoms with Crippen LogP contribution in [0.3, 0.4) is 0 Å². The van der Waals surface area contributed by atoms with Gasteiger partial charge in [-0.25, -0.2) is 0 Å². The largest absolute Gasteiger partial charge is 0.459 e. The van der Waals surface area contributed by atoms with Gasteiger partial charge in [0.1, 0.15) is 11.6 Å². The Morgan fingerprint density at radius 2 is 1.88 bits per heavy atom. The fourth-order valence-electron chi connectivity index (χ4n) is 4.87. The van der Waals surface area contributed by atoms with Gasteiger partial charge in [-0.3, -0.25) is 19.4 Å². The Balaban J connectivity index is 1.43. The first-order valence-corrected chi connectivity index (χ1v) is 11.3. The number of para-hydroxylation sites is 2. The highest BCUT2D eigenvalue weighted by Crippen LogP contribution is 2.42. The van der Waals surface area contributed by atoms with E-state index >= 15 is 0 Å². The number of hydrogen-bond acceptors (Lipinski definition) is 5. The van der Waals surface area contributed by atoms with Crippen LogP contribution >= 0.6 is 0 Å². The number of hydrogen-bond donors (Lipinski definition) is 1. The van der Waals surface area contributed by atoms with Crippen LogP contribution in [0.4, 0.5) is 11.4 Å². The van der Waals surface area contributed by atoms with Gasteiger partial charge in [-0.1, -0.05) is 36.4 Å². The Bertz CT molecular complexity index is 1090. The molecular weight excluding hydrogens is 402 g/mol. The minimum absolute atomic E-state index is 0.0173. The lowest BCUT2D eigenvalue weighted by Crippen LogP contribution is -2.46. The average molecular weight is 432 g/mol. The molecule has 32 heavy (non-hydrogen) atoms. The van der Waals surface area contributed by atoms with E-state index in [0.717, 1.165) is 47.6 Å². The normalized spacial score (nSPS) is 22.7. The summed E-state index contributed by atoms with van der Waals surface area (Å²) in [5.74, 6) is -0.224. The molecule has 6 nitrogen and oxygen atoms in total. The molecule has 0 aliphatic carbocycles. The first-order chi connectivity index (χ1) is 15.3. The van der Waals surface area contributed by atoms with Gasteiger partial charge in [0.15, 0.2) is 0 Å². The van der Waals surface area contributed by atoms with Crippen LogP contribution in [0.15, 0.2) is 54.2 Å². The summed E-state index contributed by atoms with van der Waals surface area (Å²) >= 11 is 0. The third kappa shape index (κ3) is 3.69. The maximum absolute atomic E-state index is 13.7. The van der Waals surface area contributed by atoms with Crippen molar-refractivity contribution >= 4 is 28.8 Å². The van der Waals surface area contributed by atoms with E-state index in [2.05, 4.69) is 16.3 Å². The van der Waals surface area contributed by atoms with Crippen molar-refractivity contribution in [3.8, 4) is 0 Å². The molecule has 3 aliphatic rings. The minimum Gasteiger partial charge on any atom is -0.459 e. The monoisotopic (exact) mass is 431 g/mol. The summed E-state index contributed by atoms with van der Waals surface area (Å²) in [4.78, 5) is 30.4. The SMILES string of the molecule is CC(C)(C)OC(=O)[C@@H]1CCCN1CN1C(=O)/C(=C2/Cc3ccccc3N2)c2ccccc21. The Hall–Kier alpha value is -3.12. The number of nitrogens with zero attached hydrogens (tertiary/aromatic N) is 2. The van der Waals surface area contributed by atoms with Crippen LogP contribution in [0, 0.1) is 0 Å². The number of nitrogens with one attached hydrogen (secondary N) is 1. The molecule has 0 unspecified atom stereocenters. The van der Waals surface area contributed by atoms with E-state index < -0.39 is 5.60 Å². The second-order valence-corrected chi connectivity index (χ2v) is 9.71. The smallest absolute Gasteiger partial charge is 0.323 e. The predicted molar refractivity (Wildman–Crippen MR) is 125 cm³/mol. The molecule has 0 bridgehead atoms. The fraction of sp³-hybridized carbons (Fsp3) is 0.385. The molecule has 1 atom stereocenters. The summed E-state index contributed by atoms with van der Waals surface area (Å²) in [5.41, 5.74) is 5.24. The lowest BCUT2D eigenvalue weighted by molar-refractivity contribution is -0.160. The first kappa shape index (κ1) is 20.8. The summed E-state index contributed by atoms with van der Waals surface area (Å²) in [6.45, 7) is 6.80. The molecule has 1 amide bonds. The van der Waals surface area contributed by atoms with E-state index in [9.17, 15) is 9.59 Å². The van der Waals surface area contributed by atoms with Crippen LogP contribution in [0.1, 0.15) is 44.7 Å². The van der Waals surface area contributed by atoms with Gasteiger partial charge in [-0.05, 0) is 51.3 Å². The number of fused-ring (bicyclic) bond motifs is 2. The van der Waals surface area contributed by atoms with Crippen LogP contribution in [0.5, 0.6) is 0 Å². The van der Waals surface area contributed by atoms with E-state index in [1.54, 1.807) is 0 Å². The van der Waals surface area contributed by atoms with Crippen molar-refractivity contribution in [2.75, 3.05) is 23.4 Å². The Morgan fingerprint density at radius 1 is 1.12 bits per heavy atom. The van der Waals surface area contributed by atoms with Crippen LogP contribution in [0.2, 0.25) is 0 Å².